The van der Waals surface area contributed by atoms with Gasteiger partial charge in [0, 0.05) is 63.4 Å². The molecule has 2 aliphatic rings. The van der Waals surface area contributed by atoms with Crippen molar-refractivity contribution in [2.24, 2.45) is 7.05 Å². The molecule has 0 N–H and O–H groups in total. The van der Waals surface area contributed by atoms with Crippen LogP contribution in [-0.2, 0) is 7.05 Å². The summed E-state index contributed by atoms with van der Waals surface area (Å²) in [5, 5.41) is 0.999. The Hall–Kier alpha value is -3.84. The number of carbonyl (C=O) groups is 2. The molecule has 0 unspecified atom stereocenters. The fourth-order valence-electron chi connectivity index (χ4n) is 6.54. The fraction of sp³-hybridized carbons (Fsp3) is 0.382. The summed E-state index contributed by atoms with van der Waals surface area (Å²) < 4.78 is 2.14. The summed E-state index contributed by atoms with van der Waals surface area (Å²) in [5.74, 6) is 0.963. The second-order valence-corrected chi connectivity index (χ2v) is 11.6. The van der Waals surface area contributed by atoms with Crippen LogP contribution in [0.5, 0.6) is 0 Å². The van der Waals surface area contributed by atoms with Crippen LogP contribution in [0, 0.1) is 6.92 Å². The number of carbonyl (C=O) groups excluding carboxylic acids is 2. The molecule has 7 nitrogen and oxygen atoms in total. The van der Waals surface area contributed by atoms with Crippen molar-refractivity contribution in [1.29, 1.82) is 0 Å². The van der Waals surface area contributed by atoms with Crippen molar-refractivity contribution in [3.8, 4) is 11.3 Å². The van der Waals surface area contributed by atoms with Crippen molar-refractivity contribution in [1.82, 2.24) is 19.4 Å². The number of pyridine rings is 1. The maximum Gasteiger partial charge on any atom is 0.256 e. The Balaban J connectivity index is 0.00000353. The van der Waals surface area contributed by atoms with Crippen molar-refractivity contribution in [2.45, 2.75) is 45.1 Å². The molecular weight excluding hydrogens is 546 g/mol. The maximum absolute atomic E-state index is 14.1. The van der Waals surface area contributed by atoms with Gasteiger partial charge in [0.05, 0.1) is 16.8 Å². The minimum atomic E-state index is 0. The summed E-state index contributed by atoms with van der Waals surface area (Å²) in [6, 6.07) is 20.7. The average Bonchev–Trinajstić information content (AvgIpc) is 3.32. The molecule has 3 heterocycles. The molecule has 1 saturated carbocycles. The van der Waals surface area contributed by atoms with E-state index in [0.29, 0.717) is 37.8 Å². The van der Waals surface area contributed by atoms with Gasteiger partial charge < -0.3 is 19.3 Å². The monoisotopic (exact) mass is 585 g/mol. The van der Waals surface area contributed by atoms with Gasteiger partial charge in [-0.05, 0) is 49.6 Å². The zero-order valence-electron chi connectivity index (χ0n) is 24.8. The largest absolute Gasteiger partial charge is 0.353 e. The number of amides is 2. The fourth-order valence-corrected chi connectivity index (χ4v) is 6.54. The van der Waals surface area contributed by atoms with Crippen LogP contribution in [0.3, 0.4) is 0 Å². The normalized spacial score (nSPS) is 15.9. The Labute approximate surface area is 254 Å². The molecule has 8 heteroatoms. The molecule has 1 aliphatic heterocycles. The van der Waals surface area contributed by atoms with E-state index >= 15 is 0 Å². The van der Waals surface area contributed by atoms with Crippen LogP contribution in [0.15, 0.2) is 66.9 Å². The molecular formula is C34H40ClN5O2. The molecule has 2 amide bonds. The van der Waals surface area contributed by atoms with Gasteiger partial charge in [-0.15, -0.1) is 12.4 Å². The predicted octanol–water partition coefficient (Wildman–Crippen LogP) is 6.34. The highest BCUT2D eigenvalue weighted by Gasteiger charge is 2.29. The molecule has 220 valence electrons. The predicted molar refractivity (Wildman–Crippen MR) is 172 cm³/mol. The molecule has 2 aromatic carbocycles. The van der Waals surface area contributed by atoms with Crippen LogP contribution in [0.4, 0.5) is 5.82 Å². The van der Waals surface area contributed by atoms with Crippen molar-refractivity contribution >= 4 is 40.9 Å². The van der Waals surface area contributed by atoms with Crippen LogP contribution in [0.2, 0.25) is 0 Å². The van der Waals surface area contributed by atoms with Crippen LogP contribution in [-0.4, -0.2) is 70.4 Å². The number of benzene rings is 2. The number of aromatic nitrogens is 2. The Kier molecular flexibility index (Phi) is 8.88. The number of rotatable bonds is 5. The van der Waals surface area contributed by atoms with Gasteiger partial charge in [-0.25, -0.2) is 4.98 Å². The highest BCUT2D eigenvalue weighted by Crippen LogP contribution is 2.35. The van der Waals surface area contributed by atoms with E-state index in [4.69, 9.17) is 0 Å². The van der Waals surface area contributed by atoms with Gasteiger partial charge in [0.25, 0.3) is 11.8 Å². The first-order valence-corrected chi connectivity index (χ1v) is 14.8. The zero-order valence-corrected chi connectivity index (χ0v) is 25.6. The lowest BCUT2D eigenvalue weighted by Gasteiger charge is -2.35. The third-order valence-corrected chi connectivity index (χ3v) is 8.94. The van der Waals surface area contributed by atoms with E-state index in [1.165, 1.54) is 19.3 Å². The highest BCUT2D eigenvalue weighted by atomic mass is 35.5. The lowest BCUT2D eigenvalue weighted by Crippen LogP contribution is -2.49. The first kappa shape index (κ1) is 29.6. The molecule has 2 fully saturated rings. The van der Waals surface area contributed by atoms with E-state index in [2.05, 4.69) is 51.7 Å². The van der Waals surface area contributed by atoms with Gasteiger partial charge in [0.15, 0.2) is 0 Å². The Morgan fingerprint density at radius 1 is 0.905 bits per heavy atom. The second-order valence-electron chi connectivity index (χ2n) is 11.6. The number of hydrogen-bond donors (Lipinski definition) is 0. The van der Waals surface area contributed by atoms with Gasteiger partial charge in [0.2, 0.25) is 0 Å². The standard InChI is InChI=1S/C34H39N5O2.ClH/c1-24-14-16-29-28(22-24)31(32(37(29)3)25-10-6-4-7-11-25)34(41)39-20-18-38(19-21-39)30-17-15-26(23-35-30)33(40)36(2)27-12-8-5-9-13-27;/h4,6-7,10-11,14-17,22-23,27H,5,8-9,12-13,18-21H2,1-3H3;1H. The van der Waals surface area contributed by atoms with E-state index in [1.807, 2.05) is 54.2 Å². The van der Waals surface area contributed by atoms with Crippen molar-refractivity contribution < 1.29 is 9.59 Å². The molecule has 1 aliphatic carbocycles. The molecule has 6 rings (SSSR count). The summed E-state index contributed by atoms with van der Waals surface area (Å²) >= 11 is 0. The number of nitrogens with zero attached hydrogens (tertiary/aromatic N) is 5. The molecule has 0 bridgehead atoms. The third kappa shape index (κ3) is 5.62. The van der Waals surface area contributed by atoms with Crippen molar-refractivity contribution in [3.63, 3.8) is 0 Å². The van der Waals surface area contributed by atoms with Gasteiger partial charge >= 0.3 is 0 Å². The smallest absolute Gasteiger partial charge is 0.256 e. The first-order chi connectivity index (χ1) is 19.9. The summed E-state index contributed by atoms with van der Waals surface area (Å²) in [7, 11) is 3.96. The molecule has 0 atom stereocenters. The Bertz CT molecular complexity index is 1550. The molecule has 1 saturated heterocycles. The summed E-state index contributed by atoms with van der Waals surface area (Å²) in [5.41, 5.74) is 5.60. The summed E-state index contributed by atoms with van der Waals surface area (Å²) in [4.78, 5) is 37.9. The number of halogens is 1. The van der Waals surface area contributed by atoms with Gasteiger partial charge in [0.1, 0.15) is 5.82 Å². The van der Waals surface area contributed by atoms with Crippen LogP contribution in [0.25, 0.3) is 22.2 Å². The minimum Gasteiger partial charge on any atom is -0.353 e. The highest BCUT2D eigenvalue weighted by molar-refractivity contribution is 6.13. The van der Waals surface area contributed by atoms with E-state index in [1.54, 1.807) is 6.20 Å². The number of piperazine rings is 1. The third-order valence-electron chi connectivity index (χ3n) is 8.94. The Morgan fingerprint density at radius 2 is 1.62 bits per heavy atom. The number of aryl methyl sites for hydroxylation is 2. The molecule has 0 radical (unpaired) electrons. The number of fused-ring (bicyclic) bond motifs is 1. The second kappa shape index (κ2) is 12.6. The molecule has 2 aromatic heterocycles. The minimum absolute atomic E-state index is 0. The van der Waals surface area contributed by atoms with Crippen LogP contribution in [0.1, 0.15) is 58.4 Å². The van der Waals surface area contributed by atoms with Crippen LogP contribution < -0.4 is 4.90 Å². The SMILES string of the molecule is Cc1ccc2c(c1)c(C(=O)N1CCN(c3ccc(C(=O)N(C)C4CCCCC4)cn3)CC1)c(-c1ccccc1)n2C.Cl. The first-order valence-electron chi connectivity index (χ1n) is 14.8. The topological polar surface area (TPSA) is 61.7 Å². The summed E-state index contributed by atoms with van der Waals surface area (Å²) in [6.45, 7) is 4.68. The van der Waals surface area contributed by atoms with Gasteiger partial charge in [-0.3, -0.25) is 9.59 Å². The van der Waals surface area contributed by atoms with Crippen molar-refractivity contribution in [2.75, 3.05) is 38.1 Å². The van der Waals surface area contributed by atoms with Gasteiger partial charge in [-0.1, -0.05) is 61.2 Å². The summed E-state index contributed by atoms with van der Waals surface area (Å²) in [6.07, 6.45) is 7.54. The van der Waals surface area contributed by atoms with Gasteiger partial charge in [-0.2, -0.15) is 0 Å². The number of anilines is 1. The molecule has 42 heavy (non-hydrogen) atoms. The molecule has 0 spiro atoms. The van der Waals surface area contributed by atoms with Crippen molar-refractivity contribution in [3.05, 3.63) is 83.6 Å². The lowest BCUT2D eigenvalue weighted by atomic mass is 9.94. The average molecular weight is 586 g/mol. The van der Waals surface area contributed by atoms with E-state index in [0.717, 1.165) is 51.9 Å². The molecule has 4 aromatic rings. The van der Waals surface area contributed by atoms with E-state index < -0.39 is 0 Å². The van der Waals surface area contributed by atoms with Crippen LogP contribution >= 0.6 is 12.4 Å². The zero-order chi connectivity index (χ0) is 28.5. The number of hydrogen-bond acceptors (Lipinski definition) is 4. The van der Waals surface area contributed by atoms with E-state index in [-0.39, 0.29) is 24.2 Å². The quantitative estimate of drug-likeness (QED) is 0.274. The lowest BCUT2D eigenvalue weighted by molar-refractivity contribution is 0.0694. The maximum atomic E-state index is 14.1. The van der Waals surface area contributed by atoms with E-state index in [9.17, 15) is 9.59 Å². The Morgan fingerprint density at radius 3 is 2.29 bits per heavy atom.